The molecular formula is C17H18BrN5OS. The second-order valence-corrected chi connectivity index (χ2v) is 7.36. The van der Waals surface area contributed by atoms with Gasteiger partial charge in [-0.3, -0.25) is 9.36 Å². The molecule has 3 aromatic rings. The van der Waals surface area contributed by atoms with Crippen molar-refractivity contribution in [2.24, 2.45) is 0 Å². The Hall–Kier alpha value is -1.93. The monoisotopic (exact) mass is 419 g/mol. The summed E-state index contributed by atoms with van der Waals surface area (Å²) in [5, 5.41) is 0.573. The number of anilines is 1. The molecule has 0 saturated carbocycles. The molecule has 0 radical (unpaired) electrons. The molecule has 2 heterocycles. The molecule has 0 aliphatic heterocycles. The molecule has 0 amide bonds. The largest absolute Gasteiger partial charge is 0.382 e. The number of hydrogen-bond acceptors (Lipinski definition) is 6. The van der Waals surface area contributed by atoms with Crippen molar-refractivity contribution in [3.63, 3.8) is 0 Å². The first-order valence-electron chi connectivity index (χ1n) is 8.00. The lowest BCUT2D eigenvalue weighted by atomic mass is 10.2. The van der Waals surface area contributed by atoms with Gasteiger partial charge in [-0.05, 0) is 27.9 Å². The van der Waals surface area contributed by atoms with E-state index in [0.29, 0.717) is 22.9 Å². The first kappa shape index (κ1) is 17.9. The van der Waals surface area contributed by atoms with Crippen molar-refractivity contribution in [2.75, 3.05) is 11.5 Å². The molecule has 0 fully saturated rings. The highest BCUT2D eigenvalue weighted by Gasteiger charge is 2.15. The standard InChI is InChI=1S/C17H18BrN5OS/c1-2-3-9-25-17-21-14(19)12-15(22-17)23(16(24)13(18)20-12)10-11-7-5-4-6-8-11/h4-8H,2-3,9-10H2,1H3,(H2,19,21,22). The summed E-state index contributed by atoms with van der Waals surface area (Å²) in [6.07, 6.45) is 2.17. The summed E-state index contributed by atoms with van der Waals surface area (Å²) in [6, 6.07) is 9.75. The van der Waals surface area contributed by atoms with E-state index < -0.39 is 0 Å². The maximum atomic E-state index is 12.6. The van der Waals surface area contributed by atoms with Gasteiger partial charge in [0.1, 0.15) is 5.52 Å². The predicted octanol–water partition coefficient (Wildman–Crippen LogP) is 3.47. The van der Waals surface area contributed by atoms with Crippen LogP contribution in [-0.2, 0) is 6.54 Å². The molecule has 1 aromatic carbocycles. The summed E-state index contributed by atoms with van der Waals surface area (Å²) in [7, 11) is 0. The van der Waals surface area contributed by atoms with Gasteiger partial charge in [0.25, 0.3) is 5.56 Å². The second-order valence-electron chi connectivity index (χ2n) is 5.55. The van der Waals surface area contributed by atoms with Gasteiger partial charge < -0.3 is 5.73 Å². The molecule has 0 aliphatic rings. The quantitative estimate of drug-likeness (QED) is 0.373. The Labute approximate surface area is 158 Å². The average Bonchev–Trinajstić information content (AvgIpc) is 2.61. The Morgan fingerprint density at radius 1 is 1.20 bits per heavy atom. The molecule has 0 saturated heterocycles. The fraction of sp³-hybridized carbons (Fsp3) is 0.294. The fourth-order valence-corrected chi connectivity index (χ4v) is 3.69. The van der Waals surface area contributed by atoms with Gasteiger partial charge in [0.05, 0.1) is 6.54 Å². The molecule has 0 unspecified atom stereocenters. The molecule has 0 bridgehead atoms. The van der Waals surface area contributed by atoms with Gasteiger partial charge in [-0.2, -0.15) is 0 Å². The van der Waals surface area contributed by atoms with E-state index in [1.54, 1.807) is 16.3 Å². The molecule has 130 valence electrons. The van der Waals surface area contributed by atoms with Crippen LogP contribution in [0.25, 0.3) is 11.2 Å². The van der Waals surface area contributed by atoms with Gasteiger partial charge in [-0.15, -0.1) is 0 Å². The maximum Gasteiger partial charge on any atom is 0.285 e. The van der Waals surface area contributed by atoms with E-state index in [9.17, 15) is 4.79 Å². The molecule has 3 rings (SSSR count). The summed E-state index contributed by atoms with van der Waals surface area (Å²) in [5.41, 5.74) is 7.74. The lowest BCUT2D eigenvalue weighted by Crippen LogP contribution is -2.24. The van der Waals surface area contributed by atoms with Crippen LogP contribution >= 0.6 is 27.7 Å². The molecule has 0 aliphatic carbocycles. The van der Waals surface area contributed by atoms with Crippen molar-refractivity contribution in [1.29, 1.82) is 0 Å². The first-order valence-corrected chi connectivity index (χ1v) is 9.78. The van der Waals surface area contributed by atoms with Gasteiger partial charge in [0, 0.05) is 5.75 Å². The van der Waals surface area contributed by atoms with Gasteiger partial charge in [0.2, 0.25) is 0 Å². The number of aromatic nitrogens is 4. The van der Waals surface area contributed by atoms with Crippen molar-refractivity contribution in [1.82, 2.24) is 19.5 Å². The lowest BCUT2D eigenvalue weighted by molar-refractivity contribution is 0.758. The van der Waals surface area contributed by atoms with Crippen LogP contribution < -0.4 is 11.3 Å². The van der Waals surface area contributed by atoms with E-state index in [1.807, 2.05) is 30.3 Å². The predicted molar refractivity (Wildman–Crippen MR) is 105 cm³/mol. The van der Waals surface area contributed by atoms with Gasteiger partial charge in [-0.25, -0.2) is 15.0 Å². The van der Waals surface area contributed by atoms with Gasteiger partial charge >= 0.3 is 0 Å². The lowest BCUT2D eigenvalue weighted by Gasteiger charge is -2.12. The highest BCUT2D eigenvalue weighted by Crippen LogP contribution is 2.22. The van der Waals surface area contributed by atoms with E-state index in [4.69, 9.17) is 5.73 Å². The third-order valence-corrected chi connectivity index (χ3v) is 5.12. The number of nitrogens with zero attached hydrogens (tertiary/aromatic N) is 4. The van der Waals surface area contributed by atoms with E-state index in [0.717, 1.165) is 24.2 Å². The van der Waals surface area contributed by atoms with Crippen molar-refractivity contribution >= 4 is 44.7 Å². The summed E-state index contributed by atoms with van der Waals surface area (Å²) in [5.74, 6) is 1.19. The van der Waals surface area contributed by atoms with Crippen LogP contribution in [-0.4, -0.2) is 25.3 Å². The van der Waals surface area contributed by atoms with Crippen LogP contribution in [0.1, 0.15) is 25.3 Å². The molecule has 6 nitrogen and oxygen atoms in total. The molecule has 25 heavy (non-hydrogen) atoms. The Kier molecular flexibility index (Phi) is 5.70. The summed E-state index contributed by atoms with van der Waals surface area (Å²) in [4.78, 5) is 25.7. The first-order chi connectivity index (χ1) is 12.1. The molecular weight excluding hydrogens is 402 g/mol. The summed E-state index contributed by atoms with van der Waals surface area (Å²) < 4.78 is 1.79. The number of hydrogen-bond donors (Lipinski definition) is 1. The number of rotatable bonds is 6. The highest BCUT2D eigenvalue weighted by molar-refractivity contribution is 9.10. The third-order valence-electron chi connectivity index (χ3n) is 3.67. The van der Waals surface area contributed by atoms with Crippen LogP contribution in [0.4, 0.5) is 5.82 Å². The van der Waals surface area contributed by atoms with E-state index in [-0.39, 0.29) is 16.0 Å². The minimum Gasteiger partial charge on any atom is -0.382 e. The molecule has 0 spiro atoms. The van der Waals surface area contributed by atoms with E-state index in [1.165, 1.54) is 0 Å². The van der Waals surface area contributed by atoms with Gasteiger partial charge in [0.15, 0.2) is 21.2 Å². The number of thioether (sulfide) groups is 1. The highest BCUT2D eigenvalue weighted by atomic mass is 79.9. The number of nitrogen functional groups attached to an aromatic ring is 1. The second kappa shape index (κ2) is 7.97. The van der Waals surface area contributed by atoms with Crippen LogP contribution in [0.2, 0.25) is 0 Å². The minimum absolute atomic E-state index is 0.206. The zero-order valence-electron chi connectivity index (χ0n) is 13.8. The minimum atomic E-state index is -0.237. The zero-order chi connectivity index (χ0) is 17.8. The molecule has 0 atom stereocenters. The Bertz CT molecular complexity index is 945. The fourth-order valence-electron chi connectivity index (χ4n) is 2.37. The number of fused-ring (bicyclic) bond motifs is 1. The van der Waals surface area contributed by atoms with E-state index >= 15 is 0 Å². The van der Waals surface area contributed by atoms with Crippen molar-refractivity contribution in [2.45, 2.75) is 31.5 Å². The molecule has 2 N–H and O–H groups in total. The smallest absolute Gasteiger partial charge is 0.285 e. The average molecular weight is 420 g/mol. The Morgan fingerprint density at radius 3 is 2.68 bits per heavy atom. The number of benzene rings is 1. The SMILES string of the molecule is CCCCSc1nc(N)c2nc(Br)c(=O)n(Cc3ccccc3)c2n1. The third kappa shape index (κ3) is 4.01. The number of nitrogens with two attached hydrogens (primary N) is 1. The summed E-state index contributed by atoms with van der Waals surface area (Å²) in [6.45, 7) is 2.53. The van der Waals surface area contributed by atoms with Gasteiger partial charge in [-0.1, -0.05) is 55.4 Å². The van der Waals surface area contributed by atoms with Crippen LogP contribution in [0.15, 0.2) is 44.9 Å². The van der Waals surface area contributed by atoms with Crippen LogP contribution in [0.5, 0.6) is 0 Å². The Morgan fingerprint density at radius 2 is 1.96 bits per heavy atom. The normalized spacial score (nSPS) is 11.1. The van der Waals surface area contributed by atoms with Crippen LogP contribution in [0.3, 0.4) is 0 Å². The number of halogens is 1. The topological polar surface area (TPSA) is 86.7 Å². The maximum absolute atomic E-state index is 12.6. The zero-order valence-corrected chi connectivity index (χ0v) is 16.2. The van der Waals surface area contributed by atoms with Crippen molar-refractivity contribution in [3.05, 3.63) is 50.9 Å². The molecule has 2 aromatic heterocycles. The van der Waals surface area contributed by atoms with E-state index in [2.05, 4.69) is 37.8 Å². The number of unbranched alkanes of at least 4 members (excludes halogenated alkanes) is 1. The van der Waals surface area contributed by atoms with Crippen LogP contribution in [0, 0.1) is 0 Å². The summed E-state index contributed by atoms with van der Waals surface area (Å²) >= 11 is 4.77. The van der Waals surface area contributed by atoms with Crippen molar-refractivity contribution in [3.8, 4) is 0 Å². The Balaban J connectivity index is 2.12. The molecule has 8 heteroatoms. The van der Waals surface area contributed by atoms with Crippen molar-refractivity contribution < 1.29 is 0 Å².